The minimum atomic E-state index is -1.10. The highest BCUT2D eigenvalue weighted by atomic mass is 32.1. The normalized spacial score (nSPS) is 20.2. The molecular weight excluding hydrogens is 366 g/mol. The second-order valence-corrected chi connectivity index (χ2v) is 9.39. The number of carboxylic acids is 1. The first kappa shape index (κ1) is 21.4. The van der Waals surface area contributed by atoms with Crippen LogP contribution in [0, 0.1) is 11.8 Å². The van der Waals surface area contributed by atoms with Crippen LogP contribution in [0.15, 0.2) is 6.07 Å². The number of ether oxygens (including phenoxy) is 1. The number of nitrogens with zero attached hydrogens (tertiary/aromatic N) is 1. The third-order valence-corrected chi connectivity index (χ3v) is 6.57. The van der Waals surface area contributed by atoms with Crippen molar-refractivity contribution in [2.75, 3.05) is 18.6 Å². The summed E-state index contributed by atoms with van der Waals surface area (Å²) in [4.78, 5) is 39.4. The van der Waals surface area contributed by atoms with Crippen LogP contribution in [0.4, 0.5) is 5.69 Å². The van der Waals surface area contributed by atoms with Gasteiger partial charge in [-0.25, -0.2) is 4.79 Å². The summed E-state index contributed by atoms with van der Waals surface area (Å²) >= 11 is 1.26. The van der Waals surface area contributed by atoms with Gasteiger partial charge in [0.15, 0.2) is 0 Å². The first-order chi connectivity index (χ1) is 12.5. The number of thiophene rings is 1. The van der Waals surface area contributed by atoms with E-state index < -0.39 is 18.5 Å². The van der Waals surface area contributed by atoms with Crippen LogP contribution in [0.3, 0.4) is 0 Å². The van der Waals surface area contributed by atoms with Gasteiger partial charge in [0, 0.05) is 10.8 Å². The molecule has 0 atom stereocenters. The SMILES string of the molecule is COC(=O)c1sc(C(C)(C)C)cc1N(CC(=O)O)C(=O)[C@H]1CC[C@H](C)CC1. The monoisotopic (exact) mass is 395 g/mol. The van der Waals surface area contributed by atoms with Crippen LogP contribution < -0.4 is 4.90 Å². The molecule has 7 heteroatoms. The number of hydrogen-bond acceptors (Lipinski definition) is 5. The Kier molecular flexibility index (Phi) is 6.68. The molecule has 0 bridgehead atoms. The van der Waals surface area contributed by atoms with Crippen molar-refractivity contribution in [2.45, 2.75) is 58.8 Å². The van der Waals surface area contributed by atoms with Gasteiger partial charge in [-0.05, 0) is 43.1 Å². The Hall–Kier alpha value is -1.89. The summed E-state index contributed by atoms with van der Waals surface area (Å²) in [5, 5.41) is 9.38. The number of carbonyl (C=O) groups excluding carboxylic acids is 2. The Morgan fingerprint density at radius 1 is 1.22 bits per heavy atom. The molecule has 1 aromatic rings. The molecule has 1 amide bonds. The molecule has 0 unspecified atom stereocenters. The van der Waals surface area contributed by atoms with Gasteiger partial charge in [-0.15, -0.1) is 11.3 Å². The number of aliphatic carboxylic acids is 1. The molecule has 1 fully saturated rings. The third-order valence-electron chi connectivity index (χ3n) is 5.04. The lowest BCUT2D eigenvalue weighted by Crippen LogP contribution is -2.41. The average Bonchev–Trinajstić information content (AvgIpc) is 3.04. The number of rotatable bonds is 5. The molecular formula is C20H29NO5S. The highest BCUT2D eigenvalue weighted by Crippen LogP contribution is 2.39. The molecule has 1 N–H and O–H groups in total. The lowest BCUT2D eigenvalue weighted by atomic mass is 9.82. The zero-order valence-corrected chi connectivity index (χ0v) is 17.5. The highest BCUT2D eigenvalue weighted by molar-refractivity contribution is 7.14. The van der Waals surface area contributed by atoms with Gasteiger partial charge in [-0.2, -0.15) is 0 Å². The minimum absolute atomic E-state index is 0.205. The number of amides is 1. The van der Waals surface area contributed by atoms with E-state index in [0.717, 1.165) is 30.6 Å². The maximum absolute atomic E-state index is 13.2. The average molecular weight is 396 g/mol. The first-order valence-electron chi connectivity index (χ1n) is 9.30. The van der Waals surface area contributed by atoms with E-state index in [0.29, 0.717) is 11.6 Å². The van der Waals surface area contributed by atoms with Crippen LogP contribution in [0.25, 0.3) is 0 Å². The molecule has 1 aliphatic rings. The van der Waals surface area contributed by atoms with Crippen molar-refractivity contribution in [3.8, 4) is 0 Å². The summed E-state index contributed by atoms with van der Waals surface area (Å²) in [5.74, 6) is -1.49. The molecule has 0 radical (unpaired) electrons. The lowest BCUT2D eigenvalue weighted by Gasteiger charge is -2.30. The molecule has 6 nitrogen and oxygen atoms in total. The van der Waals surface area contributed by atoms with Crippen LogP contribution in [0.1, 0.15) is 67.9 Å². The molecule has 1 aliphatic carbocycles. The molecule has 1 heterocycles. The predicted molar refractivity (Wildman–Crippen MR) is 105 cm³/mol. The quantitative estimate of drug-likeness (QED) is 0.760. The van der Waals surface area contributed by atoms with E-state index in [1.54, 1.807) is 6.07 Å². The fourth-order valence-corrected chi connectivity index (χ4v) is 4.47. The number of esters is 1. The van der Waals surface area contributed by atoms with E-state index in [-0.39, 0.29) is 22.1 Å². The van der Waals surface area contributed by atoms with E-state index in [1.807, 2.05) is 20.8 Å². The highest BCUT2D eigenvalue weighted by Gasteiger charge is 2.34. The maximum atomic E-state index is 13.2. The van der Waals surface area contributed by atoms with E-state index in [1.165, 1.54) is 23.3 Å². The summed E-state index contributed by atoms with van der Waals surface area (Å²) in [6.45, 7) is 7.73. The van der Waals surface area contributed by atoms with Crippen molar-refractivity contribution < 1.29 is 24.2 Å². The van der Waals surface area contributed by atoms with Gasteiger partial charge < -0.3 is 9.84 Å². The molecule has 2 rings (SSSR count). The smallest absolute Gasteiger partial charge is 0.350 e. The number of hydrogen-bond donors (Lipinski definition) is 1. The number of anilines is 1. The Balaban J connectivity index is 2.46. The minimum Gasteiger partial charge on any atom is -0.480 e. The summed E-state index contributed by atoms with van der Waals surface area (Å²) in [5.41, 5.74) is 0.118. The zero-order chi connectivity index (χ0) is 20.4. The zero-order valence-electron chi connectivity index (χ0n) is 16.7. The fourth-order valence-electron chi connectivity index (χ4n) is 3.33. The standard InChI is InChI=1S/C20H29NO5S/c1-12-6-8-13(9-7-12)18(24)21(11-16(22)23)14-10-15(20(2,3)4)27-17(14)19(25)26-5/h10,12-13H,6-9,11H2,1-5H3,(H,22,23)/t12-,13-. The van der Waals surface area contributed by atoms with Crippen molar-refractivity contribution in [1.29, 1.82) is 0 Å². The molecule has 0 aliphatic heterocycles. The van der Waals surface area contributed by atoms with E-state index in [2.05, 4.69) is 6.92 Å². The second-order valence-electron chi connectivity index (χ2n) is 8.34. The summed E-state index contributed by atoms with van der Waals surface area (Å²) < 4.78 is 4.88. The molecule has 0 saturated heterocycles. The molecule has 0 aromatic carbocycles. The predicted octanol–water partition coefficient (Wildman–Crippen LogP) is 4.08. The third kappa shape index (κ3) is 5.09. The number of carboxylic acid groups (broad SMARTS) is 1. The van der Waals surface area contributed by atoms with Gasteiger partial charge in [-0.3, -0.25) is 14.5 Å². The van der Waals surface area contributed by atoms with E-state index in [9.17, 15) is 19.5 Å². The summed E-state index contributed by atoms with van der Waals surface area (Å²) in [7, 11) is 1.29. The summed E-state index contributed by atoms with van der Waals surface area (Å²) in [6, 6.07) is 1.77. The Bertz CT molecular complexity index is 710. The largest absolute Gasteiger partial charge is 0.480 e. The van der Waals surface area contributed by atoms with E-state index in [4.69, 9.17) is 4.74 Å². The Morgan fingerprint density at radius 2 is 1.81 bits per heavy atom. The molecule has 1 saturated carbocycles. The first-order valence-corrected chi connectivity index (χ1v) is 10.1. The maximum Gasteiger partial charge on any atom is 0.350 e. The Morgan fingerprint density at radius 3 is 2.30 bits per heavy atom. The van der Waals surface area contributed by atoms with Crippen LogP contribution in [-0.4, -0.2) is 36.6 Å². The van der Waals surface area contributed by atoms with Crippen LogP contribution >= 0.6 is 11.3 Å². The van der Waals surface area contributed by atoms with Crippen LogP contribution in [-0.2, 0) is 19.7 Å². The fraction of sp³-hybridized carbons (Fsp3) is 0.650. The van der Waals surface area contributed by atoms with Gasteiger partial charge in [0.2, 0.25) is 5.91 Å². The van der Waals surface area contributed by atoms with Crippen molar-refractivity contribution in [2.24, 2.45) is 11.8 Å². The van der Waals surface area contributed by atoms with Crippen molar-refractivity contribution in [1.82, 2.24) is 0 Å². The molecule has 0 spiro atoms. The topological polar surface area (TPSA) is 83.9 Å². The number of carbonyl (C=O) groups is 3. The van der Waals surface area contributed by atoms with Gasteiger partial charge >= 0.3 is 11.9 Å². The van der Waals surface area contributed by atoms with Crippen molar-refractivity contribution >= 4 is 34.9 Å². The molecule has 27 heavy (non-hydrogen) atoms. The molecule has 1 aromatic heterocycles. The Labute approximate surface area is 164 Å². The van der Waals surface area contributed by atoms with Crippen molar-refractivity contribution in [3.63, 3.8) is 0 Å². The van der Waals surface area contributed by atoms with Crippen LogP contribution in [0.5, 0.6) is 0 Å². The van der Waals surface area contributed by atoms with Crippen LogP contribution in [0.2, 0.25) is 0 Å². The van der Waals surface area contributed by atoms with E-state index >= 15 is 0 Å². The number of methoxy groups -OCH3 is 1. The second kappa shape index (κ2) is 8.42. The van der Waals surface area contributed by atoms with Gasteiger partial charge in [0.25, 0.3) is 0 Å². The van der Waals surface area contributed by atoms with Gasteiger partial charge in [-0.1, -0.05) is 27.7 Å². The van der Waals surface area contributed by atoms with Gasteiger partial charge in [0.05, 0.1) is 12.8 Å². The lowest BCUT2D eigenvalue weighted by molar-refractivity contribution is -0.137. The van der Waals surface area contributed by atoms with Gasteiger partial charge in [0.1, 0.15) is 11.4 Å². The van der Waals surface area contributed by atoms with Crippen molar-refractivity contribution in [3.05, 3.63) is 15.8 Å². The molecule has 150 valence electrons. The summed E-state index contributed by atoms with van der Waals surface area (Å²) in [6.07, 6.45) is 3.41.